The van der Waals surface area contributed by atoms with Crippen molar-refractivity contribution in [2.75, 3.05) is 11.6 Å². The predicted octanol–water partition coefficient (Wildman–Crippen LogP) is 2.29. The Morgan fingerprint density at radius 2 is 2.35 bits per heavy atom. The first kappa shape index (κ1) is 15.8. The summed E-state index contributed by atoms with van der Waals surface area (Å²) in [5, 5.41) is 5.99. The van der Waals surface area contributed by atoms with E-state index in [0.717, 1.165) is 17.2 Å². The number of carbonyl (C=O) groups is 1. The number of amides is 1. The highest BCUT2D eigenvalue weighted by Gasteiger charge is 2.22. The second-order valence-electron chi connectivity index (χ2n) is 5.02. The Balaban J connectivity index is 1.66. The molecule has 1 saturated heterocycles. The van der Waals surface area contributed by atoms with Crippen molar-refractivity contribution in [2.45, 2.75) is 12.6 Å². The lowest BCUT2D eigenvalue weighted by Gasteiger charge is -2.13. The minimum Gasteiger partial charge on any atom is -0.439 e. The van der Waals surface area contributed by atoms with E-state index in [4.69, 9.17) is 4.74 Å². The van der Waals surface area contributed by atoms with Crippen molar-refractivity contribution in [1.29, 1.82) is 0 Å². The van der Waals surface area contributed by atoms with Gasteiger partial charge in [0.2, 0.25) is 11.8 Å². The lowest BCUT2D eigenvalue weighted by atomic mass is 10.2. The summed E-state index contributed by atoms with van der Waals surface area (Å²) in [4.78, 5) is 16.2. The quantitative estimate of drug-likeness (QED) is 0.879. The molecule has 1 atom stereocenters. The van der Waals surface area contributed by atoms with Crippen LogP contribution in [0, 0.1) is 5.82 Å². The Bertz CT molecular complexity index is 693. The van der Waals surface area contributed by atoms with Crippen molar-refractivity contribution in [3.8, 4) is 11.6 Å². The topological polar surface area (TPSA) is 63.2 Å². The van der Waals surface area contributed by atoms with Crippen molar-refractivity contribution < 1.29 is 13.9 Å². The Morgan fingerprint density at radius 1 is 1.43 bits per heavy atom. The van der Waals surface area contributed by atoms with Gasteiger partial charge in [0.05, 0.1) is 6.04 Å². The van der Waals surface area contributed by atoms with Gasteiger partial charge in [0.1, 0.15) is 11.6 Å². The predicted molar refractivity (Wildman–Crippen MR) is 86.8 cm³/mol. The fourth-order valence-electron chi connectivity index (χ4n) is 2.16. The molecule has 5 nitrogen and oxygen atoms in total. The van der Waals surface area contributed by atoms with Crippen molar-refractivity contribution in [3.63, 3.8) is 0 Å². The van der Waals surface area contributed by atoms with Crippen LogP contribution in [-0.4, -0.2) is 28.6 Å². The van der Waals surface area contributed by atoms with E-state index in [-0.39, 0.29) is 17.8 Å². The van der Waals surface area contributed by atoms with E-state index >= 15 is 0 Å². The Labute approximate surface area is 137 Å². The third-order valence-electron chi connectivity index (χ3n) is 3.35. The zero-order chi connectivity index (χ0) is 16.1. The molecule has 0 radical (unpaired) electrons. The number of nitrogens with one attached hydrogen (secondary N) is 2. The van der Waals surface area contributed by atoms with Crippen LogP contribution < -0.4 is 15.4 Å². The normalized spacial score (nSPS) is 17.0. The first-order valence-corrected chi connectivity index (χ1v) is 8.34. The van der Waals surface area contributed by atoms with Gasteiger partial charge in [-0.1, -0.05) is 12.1 Å². The smallest absolute Gasteiger partial charge is 0.238 e. The first-order valence-electron chi connectivity index (χ1n) is 7.18. The van der Waals surface area contributed by atoms with Crippen LogP contribution in [0.25, 0.3) is 0 Å². The molecule has 0 bridgehead atoms. The highest BCUT2D eigenvalue weighted by atomic mass is 32.2. The molecule has 1 fully saturated rings. The minimum absolute atomic E-state index is 0.0458. The van der Waals surface area contributed by atoms with Crippen LogP contribution in [-0.2, 0) is 11.3 Å². The molecule has 7 heteroatoms. The third kappa shape index (κ3) is 4.20. The summed E-state index contributed by atoms with van der Waals surface area (Å²) in [6, 6.07) is 9.28. The van der Waals surface area contributed by atoms with Crippen molar-refractivity contribution >= 4 is 17.7 Å². The molecule has 1 aliphatic rings. The summed E-state index contributed by atoms with van der Waals surface area (Å²) in [7, 11) is 0. The van der Waals surface area contributed by atoms with Crippen molar-refractivity contribution in [1.82, 2.24) is 15.6 Å². The van der Waals surface area contributed by atoms with Crippen LogP contribution in [0.4, 0.5) is 4.39 Å². The van der Waals surface area contributed by atoms with Crippen LogP contribution in [0.2, 0.25) is 0 Å². The number of thioether (sulfide) groups is 1. The molecule has 1 aromatic carbocycles. The van der Waals surface area contributed by atoms with Gasteiger partial charge in [0.15, 0.2) is 0 Å². The van der Waals surface area contributed by atoms with E-state index < -0.39 is 0 Å². The molecular formula is C16H16FN3O2S. The van der Waals surface area contributed by atoms with Crippen LogP contribution in [0.15, 0.2) is 42.6 Å². The van der Waals surface area contributed by atoms with Crippen LogP contribution in [0.1, 0.15) is 5.56 Å². The van der Waals surface area contributed by atoms with Gasteiger partial charge in [-0.05, 0) is 18.2 Å². The van der Waals surface area contributed by atoms with Crippen molar-refractivity contribution in [3.05, 3.63) is 54.0 Å². The SMILES string of the molecule is O=C(NCc1cccnc1Oc1cccc(F)c1)[C@@H]1CSCN1. The molecule has 3 rings (SSSR count). The lowest BCUT2D eigenvalue weighted by molar-refractivity contribution is -0.122. The second kappa shape index (κ2) is 7.43. The van der Waals surface area contributed by atoms with Crippen molar-refractivity contribution in [2.24, 2.45) is 0 Å². The van der Waals surface area contributed by atoms with Gasteiger partial charge >= 0.3 is 0 Å². The van der Waals surface area contributed by atoms with E-state index in [1.807, 2.05) is 6.07 Å². The molecule has 23 heavy (non-hydrogen) atoms. The summed E-state index contributed by atoms with van der Waals surface area (Å²) in [5.74, 6) is 1.86. The zero-order valence-electron chi connectivity index (χ0n) is 12.3. The summed E-state index contributed by atoms with van der Waals surface area (Å²) in [5.41, 5.74) is 0.732. The molecule has 0 unspecified atom stereocenters. The monoisotopic (exact) mass is 333 g/mol. The highest BCUT2D eigenvalue weighted by molar-refractivity contribution is 7.99. The maximum absolute atomic E-state index is 13.2. The average molecular weight is 333 g/mol. The fourth-order valence-corrected chi connectivity index (χ4v) is 3.10. The summed E-state index contributed by atoms with van der Waals surface area (Å²) < 4.78 is 18.9. The summed E-state index contributed by atoms with van der Waals surface area (Å²) in [6.45, 7) is 0.306. The fraction of sp³-hybridized carbons (Fsp3) is 0.250. The number of ether oxygens (including phenoxy) is 1. The summed E-state index contributed by atoms with van der Waals surface area (Å²) >= 11 is 1.69. The number of hydrogen-bond donors (Lipinski definition) is 2. The Morgan fingerprint density at radius 3 is 3.13 bits per heavy atom. The largest absolute Gasteiger partial charge is 0.439 e. The van der Waals surface area contributed by atoms with Gasteiger partial charge in [-0.3, -0.25) is 10.1 Å². The maximum Gasteiger partial charge on any atom is 0.238 e. The number of aromatic nitrogens is 1. The number of halogens is 1. The van der Waals surface area contributed by atoms with Gasteiger partial charge in [0, 0.05) is 36.0 Å². The molecule has 1 aliphatic heterocycles. The van der Waals surface area contributed by atoms with Crippen LogP contribution in [0.3, 0.4) is 0 Å². The number of carbonyl (C=O) groups excluding carboxylic acids is 1. The minimum atomic E-state index is -0.377. The Hall–Kier alpha value is -2.12. The average Bonchev–Trinajstić information content (AvgIpc) is 3.08. The van der Waals surface area contributed by atoms with E-state index in [1.54, 1.807) is 36.2 Å². The van der Waals surface area contributed by atoms with E-state index in [1.165, 1.54) is 12.1 Å². The molecule has 2 N–H and O–H groups in total. The van der Waals surface area contributed by atoms with Gasteiger partial charge in [-0.2, -0.15) is 0 Å². The molecule has 2 heterocycles. The standard InChI is InChI=1S/C16H16FN3O2S/c17-12-4-1-5-13(7-12)22-16-11(3-2-6-18-16)8-19-15(21)14-9-23-10-20-14/h1-7,14,20H,8-10H2,(H,19,21)/t14-/m0/s1. The molecule has 2 aromatic rings. The van der Waals surface area contributed by atoms with Crippen LogP contribution >= 0.6 is 11.8 Å². The third-order valence-corrected chi connectivity index (χ3v) is 4.29. The second-order valence-corrected chi connectivity index (χ2v) is 6.05. The van der Waals surface area contributed by atoms with Crippen LogP contribution in [0.5, 0.6) is 11.6 Å². The molecule has 1 aromatic heterocycles. The number of nitrogens with zero attached hydrogens (tertiary/aromatic N) is 1. The molecule has 120 valence electrons. The Kier molecular flexibility index (Phi) is 5.09. The molecule has 0 spiro atoms. The number of rotatable bonds is 5. The molecular weight excluding hydrogens is 317 g/mol. The van der Waals surface area contributed by atoms with E-state index in [2.05, 4.69) is 15.6 Å². The molecule has 1 amide bonds. The lowest BCUT2D eigenvalue weighted by Crippen LogP contribution is -2.41. The summed E-state index contributed by atoms with van der Waals surface area (Å²) in [6.07, 6.45) is 1.59. The van der Waals surface area contributed by atoms with E-state index in [9.17, 15) is 9.18 Å². The van der Waals surface area contributed by atoms with E-state index in [0.29, 0.717) is 18.2 Å². The van der Waals surface area contributed by atoms with Gasteiger partial charge < -0.3 is 10.1 Å². The molecule has 0 saturated carbocycles. The van der Waals surface area contributed by atoms with Gasteiger partial charge in [0.25, 0.3) is 0 Å². The number of hydrogen-bond acceptors (Lipinski definition) is 5. The molecule has 0 aliphatic carbocycles. The van der Waals surface area contributed by atoms with Gasteiger partial charge in [-0.15, -0.1) is 11.8 Å². The van der Waals surface area contributed by atoms with Gasteiger partial charge in [-0.25, -0.2) is 9.37 Å². The zero-order valence-corrected chi connectivity index (χ0v) is 13.1. The first-order chi connectivity index (χ1) is 11.2. The number of pyridine rings is 1. The maximum atomic E-state index is 13.2. The number of benzene rings is 1. The highest BCUT2D eigenvalue weighted by Crippen LogP contribution is 2.23.